The Morgan fingerprint density at radius 3 is 2.74 bits per heavy atom. The number of nitrogens with zero attached hydrogens (tertiary/aromatic N) is 1. The quantitative estimate of drug-likeness (QED) is 0.867. The SMILES string of the molecule is CCC[C@@H]1NC(=O)[C@@H]2Cc3ccccc3CN2C1=O. The Balaban J connectivity index is 1.90. The molecule has 1 N–H and O–H groups in total. The van der Waals surface area contributed by atoms with Crippen LogP contribution in [0, 0.1) is 0 Å². The van der Waals surface area contributed by atoms with Gasteiger partial charge in [0.1, 0.15) is 12.1 Å². The van der Waals surface area contributed by atoms with Crippen LogP contribution in [0.1, 0.15) is 30.9 Å². The molecule has 0 bridgehead atoms. The van der Waals surface area contributed by atoms with Gasteiger partial charge in [-0.1, -0.05) is 37.6 Å². The largest absolute Gasteiger partial charge is 0.342 e. The third-order valence-electron chi connectivity index (χ3n) is 4.03. The lowest BCUT2D eigenvalue weighted by molar-refractivity contribution is -0.150. The summed E-state index contributed by atoms with van der Waals surface area (Å²) in [6.07, 6.45) is 2.24. The smallest absolute Gasteiger partial charge is 0.246 e. The zero-order chi connectivity index (χ0) is 13.4. The molecule has 4 nitrogen and oxygen atoms in total. The number of fused-ring (bicyclic) bond motifs is 2. The molecule has 0 saturated carbocycles. The van der Waals surface area contributed by atoms with Gasteiger partial charge in [0, 0.05) is 13.0 Å². The number of carbonyl (C=O) groups is 2. The second-order valence-electron chi connectivity index (χ2n) is 5.30. The van der Waals surface area contributed by atoms with Gasteiger partial charge in [0.25, 0.3) is 0 Å². The molecule has 0 radical (unpaired) electrons. The van der Waals surface area contributed by atoms with E-state index in [1.54, 1.807) is 4.90 Å². The van der Waals surface area contributed by atoms with Crippen molar-refractivity contribution in [3.8, 4) is 0 Å². The predicted octanol–water partition coefficient (Wildman–Crippen LogP) is 1.24. The van der Waals surface area contributed by atoms with Gasteiger partial charge in [-0.15, -0.1) is 0 Å². The van der Waals surface area contributed by atoms with Crippen molar-refractivity contribution in [3.63, 3.8) is 0 Å². The summed E-state index contributed by atoms with van der Waals surface area (Å²) in [7, 11) is 0. The lowest BCUT2D eigenvalue weighted by Gasteiger charge is -2.42. The maximum absolute atomic E-state index is 12.4. The predicted molar refractivity (Wildman–Crippen MR) is 71.3 cm³/mol. The molecule has 2 heterocycles. The van der Waals surface area contributed by atoms with Gasteiger partial charge in [-0.3, -0.25) is 9.59 Å². The van der Waals surface area contributed by atoms with Crippen LogP contribution in [-0.4, -0.2) is 28.8 Å². The minimum atomic E-state index is -0.334. The highest BCUT2D eigenvalue weighted by Crippen LogP contribution is 2.26. The molecular weight excluding hydrogens is 240 g/mol. The van der Waals surface area contributed by atoms with Crippen LogP contribution in [-0.2, 0) is 22.6 Å². The van der Waals surface area contributed by atoms with Crippen molar-refractivity contribution >= 4 is 11.8 Å². The van der Waals surface area contributed by atoms with Crippen LogP contribution in [0.25, 0.3) is 0 Å². The molecule has 0 unspecified atom stereocenters. The van der Waals surface area contributed by atoms with E-state index in [9.17, 15) is 9.59 Å². The highest BCUT2D eigenvalue weighted by Gasteiger charge is 2.42. The maximum atomic E-state index is 12.4. The number of hydrogen-bond donors (Lipinski definition) is 1. The second kappa shape index (κ2) is 4.68. The van der Waals surface area contributed by atoms with Gasteiger partial charge < -0.3 is 10.2 Å². The van der Waals surface area contributed by atoms with E-state index >= 15 is 0 Å². The Labute approximate surface area is 112 Å². The molecule has 2 amide bonds. The van der Waals surface area contributed by atoms with Crippen molar-refractivity contribution < 1.29 is 9.59 Å². The van der Waals surface area contributed by atoms with E-state index < -0.39 is 0 Å². The number of piperazine rings is 1. The first kappa shape index (κ1) is 12.2. The zero-order valence-corrected chi connectivity index (χ0v) is 11.1. The Bertz CT molecular complexity index is 527. The number of benzene rings is 1. The van der Waals surface area contributed by atoms with Crippen molar-refractivity contribution in [2.75, 3.05) is 0 Å². The van der Waals surface area contributed by atoms with Crippen LogP contribution in [0.15, 0.2) is 24.3 Å². The summed E-state index contributed by atoms with van der Waals surface area (Å²) in [5.74, 6) is 0.0634. The van der Waals surface area contributed by atoms with Crippen LogP contribution in [0.4, 0.5) is 0 Å². The molecule has 1 aromatic rings. The van der Waals surface area contributed by atoms with Crippen molar-refractivity contribution in [1.29, 1.82) is 0 Å². The summed E-state index contributed by atoms with van der Waals surface area (Å²) in [6, 6.07) is 7.39. The standard InChI is InChI=1S/C15H18N2O2/c1-2-5-12-15(19)17-9-11-7-4-3-6-10(11)8-13(17)14(18)16-12/h3-4,6-7,12-13H,2,5,8-9H2,1H3,(H,16,18)/t12-,13-/m0/s1. The summed E-state index contributed by atoms with van der Waals surface area (Å²) in [6.45, 7) is 2.59. The number of hydrogen-bond acceptors (Lipinski definition) is 2. The van der Waals surface area contributed by atoms with Crippen LogP contribution in [0.3, 0.4) is 0 Å². The molecule has 0 aromatic heterocycles. The van der Waals surface area contributed by atoms with E-state index in [4.69, 9.17) is 0 Å². The van der Waals surface area contributed by atoms with Gasteiger partial charge in [0.05, 0.1) is 0 Å². The van der Waals surface area contributed by atoms with Gasteiger partial charge in [-0.25, -0.2) is 0 Å². The summed E-state index contributed by atoms with van der Waals surface area (Å²) < 4.78 is 0. The maximum Gasteiger partial charge on any atom is 0.246 e. The monoisotopic (exact) mass is 258 g/mol. The fourth-order valence-corrected chi connectivity index (χ4v) is 3.00. The molecule has 0 aliphatic carbocycles. The average molecular weight is 258 g/mol. The normalized spacial score (nSPS) is 25.6. The molecule has 2 aliphatic heterocycles. The summed E-state index contributed by atoms with van der Waals surface area (Å²) >= 11 is 0. The Morgan fingerprint density at radius 2 is 2.00 bits per heavy atom. The molecule has 19 heavy (non-hydrogen) atoms. The molecule has 2 atom stereocenters. The van der Waals surface area contributed by atoms with Crippen molar-refractivity contribution in [1.82, 2.24) is 10.2 Å². The molecule has 2 aliphatic rings. The molecule has 1 aromatic carbocycles. The van der Waals surface area contributed by atoms with Gasteiger partial charge in [-0.05, 0) is 17.5 Å². The van der Waals surface area contributed by atoms with Gasteiger partial charge >= 0.3 is 0 Å². The number of nitrogens with one attached hydrogen (secondary N) is 1. The second-order valence-corrected chi connectivity index (χ2v) is 5.30. The van der Waals surface area contributed by atoms with E-state index in [-0.39, 0.29) is 23.9 Å². The Morgan fingerprint density at radius 1 is 1.26 bits per heavy atom. The average Bonchev–Trinajstić information content (AvgIpc) is 2.43. The fourth-order valence-electron chi connectivity index (χ4n) is 3.00. The van der Waals surface area contributed by atoms with Gasteiger partial charge in [0.15, 0.2) is 0 Å². The first-order chi connectivity index (χ1) is 9.20. The molecule has 4 heteroatoms. The first-order valence-electron chi connectivity index (χ1n) is 6.88. The van der Waals surface area contributed by atoms with Crippen molar-refractivity contribution in [2.24, 2.45) is 0 Å². The third-order valence-corrected chi connectivity index (χ3v) is 4.03. The summed E-state index contributed by atoms with van der Waals surface area (Å²) in [5, 5.41) is 2.87. The van der Waals surface area contributed by atoms with Crippen LogP contribution in [0.2, 0.25) is 0 Å². The van der Waals surface area contributed by atoms with Crippen LogP contribution >= 0.6 is 0 Å². The fraction of sp³-hybridized carbons (Fsp3) is 0.467. The first-order valence-corrected chi connectivity index (χ1v) is 6.88. The molecule has 100 valence electrons. The van der Waals surface area contributed by atoms with Crippen molar-refractivity contribution in [3.05, 3.63) is 35.4 Å². The molecule has 0 spiro atoms. The number of amides is 2. The Hall–Kier alpha value is -1.84. The zero-order valence-electron chi connectivity index (χ0n) is 11.1. The number of carbonyl (C=O) groups excluding carboxylic acids is 2. The minimum absolute atomic E-state index is 0.00690. The van der Waals surface area contributed by atoms with Gasteiger partial charge in [-0.2, -0.15) is 0 Å². The topological polar surface area (TPSA) is 49.4 Å². The highest BCUT2D eigenvalue weighted by atomic mass is 16.2. The van der Waals surface area contributed by atoms with Crippen LogP contribution in [0.5, 0.6) is 0 Å². The Kier molecular flexibility index (Phi) is 3.01. The van der Waals surface area contributed by atoms with E-state index in [2.05, 4.69) is 5.32 Å². The van der Waals surface area contributed by atoms with E-state index in [0.29, 0.717) is 13.0 Å². The molecule has 1 saturated heterocycles. The molecule has 1 fully saturated rings. The summed E-state index contributed by atoms with van der Waals surface area (Å²) in [4.78, 5) is 26.3. The highest BCUT2D eigenvalue weighted by molar-refractivity contribution is 5.97. The van der Waals surface area contributed by atoms with E-state index in [1.807, 2.05) is 31.2 Å². The van der Waals surface area contributed by atoms with Crippen molar-refractivity contribution in [2.45, 2.75) is 44.8 Å². The summed E-state index contributed by atoms with van der Waals surface area (Å²) in [5.41, 5.74) is 2.35. The lowest BCUT2D eigenvalue weighted by Crippen LogP contribution is -2.64. The van der Waals surface area contributed by atoms with Gasteiger partial charge in [0.2, 0.25) is 11.8 Å². The third kappa shape index (κ3) is 2.01. The number of rotatable bonds is 2. The van der Waals surface area contributed by atoms with E-state index in [1.165, 1.54) is 5.56 Å². The molecular formula is C15H18N2O2. The lowest BCUT2D eigenvalue weighted by atomic mass is 9.90. The molecule has 3 rings (SSSR count). The van der Waals surface area contributed by atoms with Crippen LogP contribution < -0.4 is 5.32 Å². The van der Waals surface area contributed by atoms with E-state index in [0.717, 1.165) is 18.4 Å². The minimum Gasteiger partial charge on any atom is -0.342 e.